The normalized spacial score (nSPS) is 17.5. The molecule has 100 valence electrons. The van der Waals surface area contributed by atoms with E-state index in [-0.39, 0.29) is 6.03 Å². The smallest absolute Gasteiger partial charge is 0.317 e. The van der Waals surface area contributed by atoms with Crippen molar-refractivity contribution in [1.29, 1.82) is 0 Å². The third-order valence-corrected chi connectivity index (χ3v) is 4.87. The van der Waals surface area contributed by atoms with E-state index in [0.717, 1.165) is 37.6 Å². The number of carbonyl (C=O) groups is 1. The van der Waals surface area contributed by atoms with Gasteiger partial charge in [0.15, 0.2) is 0 Å². The second kappa shape index (κ2) is 7.04. The average Bonchev–Trinajstić information content (AvgIpc) is 2.90. The molecule has 2 heterocycles. The van der Waals surface area contributed by atoms with E-state index in [4.69, 9.17) is 0 Å². The lowest BCUT2D eigenvalue weighted by Crippen LogP contribution is -2.45. The maximum atomic E-state index is 11.9. The molecule has 0 unspecified atom stereocenters. The Bertz CT molecular complexity index is 361. The fourth-order valence-electron chi connectivity index (χ4n) is 1.98. The molecular formula is C13H20N2OS2. The lowest BCUT2D eigenvalue weighted by atomic mass is 10.1. The highest BCUT2D eigenvalue weighted by Gasteiger charge is 2.16. The number of urea groups is 1. The summed E-state index contributed by atoms with van der Waals surface area (Å²) in [5.74, 6) is 2.63. The first-order valence-corrected chi connectivity index (χ1v) is 8.42. The number of amides is 2. The summed E-state index contributed by atoms with van der Waals surface area (Å²) in [5, 5.41) is 5.15. The average molecular weight is 284 g/mol. The monoisotopic (exact) mass is 284 g/mol. The highest BCUT2D eigenvalue weighted by molar-refractivity contribution is 7.99. The number of nitrogens with zero attached hydrogens (tertiary/aromatic N) is 1. The molecule has 0 aliphatic carbocycles. The Morgan fingerprint density at radius 1 is 1.50 bits per heavy atom. The van der Waals surface area contributed by atoms with Gasteiger partial charge in [0, 0.05) is 36.0 Å². The molecule has 0 saturated carbocycles. The van der Waals surface area contributed by atoms with Gasteiger partial charge in [0.05, 0.1) is 0 Å². The van der Waals surface area contributed by atoms with Crippen LogP contribution < -0.4 is 5.32 Å². The first kappa shape index (κ1) is 13.7. The topological polar surface area (TPSA) is 32.3 Å². The van der Waals surface area contributed by atoms with Crippen LogP contribution >= 0.6 is 23.1 Å². The highest BCUT2D eigenvalue weighted by atomic mass is 32.2. The quantitative estimate of drug-likeness (QED) is 0.922. The van der Waals surface area contributed by atoms with Crippen LogP contribution in [0.15, 0.2) is 17.5 Å². The second-order valence-corrected chi connectivity index (χ2v) is 6.93. The van der Waals surface area contributed by atoms with E-state index in [1.54, 1.807) is 11.3 Å². The van der Waals surface area contributed by atoms with E-state index in [9.17, 15) is 4.79 Å². The second-order valence-electron chi connectivity index (χ2n) is 4.67. The third kappa shape index (κ3) is 4.21. The number of thioether (sulfide) groups is 1. The Hall–Kier alpha value is -0.680. The number of rotatable bonds is 4. The molecule has 0 radical (unpaired) electrons. The fraction of sp³-hybridized carbons (Fsp3) is 0.615. The van der Waals surface area contributed by atoms with Crippen LogP contribution in [0.25, 0.3) is 0 Å². The lowest BCUT2D eigenvalue weighted by Gasteiger charge is -2.27. The molecule has 0 bridgehead atoms. The van der Waals surface area contributed by atoms with E-state index >= 15 is 0 Å². The number of carbonyl (C=O) groups excluding carboxylic acids is 1. The van der Waals surface area contributed by atoms with E-state index in [2.05, 4.69) is 29.8 Å². The molecule has 2 amide bonds. The van der Waals surface area contributed by atoms with Crippen molar-refractivity contribution < 1.29 is 4.79 Å². The van der Waals surface area contributed by atoms with E-state index in [1.165, 1.54) is 4.88 Å². The van der Waals surface area contributed by atoms with Crippen molar-refractivity contribution in [1.82, 2.24) is 10.2 Å². The van der Waals surface area contributed by atoms with Crippen molar-refractivity contribution in [3.05, 3.63) is 22.4 Å². The lowest BCUT2D eigenvalue weighted by molar-refractivity contribution is 0.201. The standard InChI is InChI=1S/C13H20N2OS2/c1-11(9-12-3-2-6-18-12)10-14-13(16)15-4-7-17-8-5-15/h2-3,6,11H,4-5,7-10H2,1H3,(H,14,16)/t11-/m1/s1. The van der Waals surface area contributed by atoms with Crippen molar-refractivity contribution in [2.75, 3.05) is 31.1 Å². The number of hydrogen-bond donors (Lipinski definition) is 1. The van der Waals surface area contributed by atoms with E-state index in [1.807, 2.05) is 16.7 Å². The van der Waals surface area contributed by atoms with Gasteiger partial charge in [-0.15, -0.1) is 11.3 Å². The van der Waals surface area contributed by atoms with Crippen LogP contribution in [0.4, 0.5) is 4.79 Å². The third-order valence-electron chi connectivity index (χ3n) is 3.03. The molecule has 1 aromatic heterocycles. The predicted molar refractivity (Wildman–Crippen MR) is 79.5 cm³/mol. The van der Waals surface area contributed by atoms with Crippen molar-refractivity contribution in [2.45, 2.75) is 13.3 Å². The first-order chi connectivity index (χ1) is 8.75. The zero-order valence-corrected chi connectivity index (χ0v) is 12.4. The predicted octanol–water partition coefficient (Wildman–Crippen LogP) is 2.69. The molecule has 5 heteroatoms. The Labute approximate surface area is 117 Å². The van der Waals surface area contributed by atoms with Gasteiger partial charge in [-0.1, -0.05) is 13.0 Å². The van der Waals surface area contributed by atoms with Crippen LogP contribution in [0, 0.1) is 5.92 Å². The van der Waals surface area contributed by atoms with Gasteiger partial charge in [0.1, 0.15) is 0 Å². The SMILES string of the molecule is C[C@@H](CNC(=O)N1CCSCC1)Cc1cccs1. The number of thiophene rings is 1. The van der Waals surface area contributed by atoms with Gasteiger partial charge >= 0.3 is 6.03 Å². The zero-order chi connectivity index (χ0) is 12.8. The van der Waals surface area contributed by atoms with Gasteiger partial charge in [-0.3, -0.25) is 0 Å². The molecule has 3 nitrogen and oxygen atoms in total. The summed E-state index contributed by atoms with van der Waals surface area (Å²) in [6, 6.07) is 4.34. The summed E-state index contributed by atoms with van der Waals surface area (Å²) in [6.45, 7) is 4.72. The summed E-state index contributed by atoms with van der Waals surface area (Å²) in [5.41, 5.74) is 0. The molecule has 1 N–H and O–H groups in total. The van der Waals surface area contributed by atoms with Crippen LogP contribution in [-0.4, -0.2) is 42.1 Å². The number of hydrogen-bond acceptors (Lipinski definition) is 3. The Balaban J connectivity index is 1.68. The molecule has 0 aromatic carbocycles. The van der Waals surface area contributed by atoms with Crippen LogP contribution in [0.1, 0.15) is 11.8 Å². The van der Waals surface area contributed by atoms with Gasteiger partial charge < -0.3 is 10.2 Å². The Kier molecular flexibility index (Phi) is 5.38. The molecule has 0 spiro atoms. The van der Waals surface area contributed by atoms with Gasteiger partial charge in [-0.05, 0) is 23.8 Å². The highest BCUT2D eigenvalue weighted by Crippen LogP contribution is 2.14. The maximum Gasteiger partial charge on any atom is 0.317 e. The summed E-state index contributed by atoms with van der Waals surface area (Å²) >= 11 is 3.71. The molecule has 1 saturated heterocycles. The van der Waals surface area contributed by atoms with Crippen molar-refractivity contribution in [3.63, 3.8) is 0 Å². The molecule has 18 heavy (non-hydrogen) atoms. The Morgan fingerprint density at radius 2 is 2.28 bits per heavy atom. The van der Waals surface area contributed by atoms with Gasteiger partial charge in [-0.2, -0.15) is 11.8 Å². The van der Waals surface area contributed by atoms with Crippen LogP contribution in [0.2, 0.25) is 0 Å². The minimum absolute atomic E-state index is 0.105. The summed E-state index contributed by atoms with van der Waals surface area (Å²) < 4.78 is 0. The molecule has 2 rings (SSSR count). The van der Waals surface area contributed by atoms with Crippen LogP contribution in [0.5, 0.6) is 0 Å². The van der Waals surface area contributed by atoms with E-state index in [0.29, 0.717) is 5.92 Å². The Morgan fingerprint density at radius 3 is 2.94 bits per heavy atom. The van der Waals surface area contributed by atoms with Crippen molar-refractivity contribution in [3.8, 4) is 0 Å². The maximum absolute atomic E-state index is 11.9. The molecule has 1 fully saturated rings. The van der Waals surface area contributed by atoms with Gasteiger partial charge in [-0.25, -0.2) is 4.79 Å². The number of nitrogens with one attached hydrogen (secondary N) is 1. The van der Waals surface area contributed by atoms with Crippen molar-refractivity contribution >= 4 is 29.1 Å². The van der Waals surface area contributed by atoms with Crippen LogP contribution in [0.3, 0.4) is 0 Å². The summed E-state index contributed by atoms with van der Waals surface area (Å²) in [7, 11) is 0. The minimum Gasteiger partial charge on any atom is -0.338 e. The molecule has 1 aromatic rings. The molecule has 1 atom stereocenters. The summed E-state index contributed by atoms with van der Waals surface area (Å²) in [6.07, 6.45) is 1.05. The summed E-state index contributed by atoms with van der Waals surface area (Å²) in [4.78, 5) is 15.2. The molecule has 1 aliphatic heterocycles. The minimum atomic E-state index is 0.105. The zero-order valence-electron chi connectivity index (χ0n) is 10.7. The molecular weight excluding hydrogens is 264 g/mol. The van der Waals surface area contributed by atoms with Gasteiger partial charge in [0.2, 0.25) is 0 Å². The van der Waals surface area contributed by atoms with Crippen molar-refractivity contribution in [2.24, 2.45) is 5.92 Å². The van der Waals surface area contributed by atoms with E-state index < -0.39 is 0 Å². The fourth-order valence-corrected chi connectivity index (χ4v) is 3.76. The van der Waals surface area contributed by atoms with Gasteiger partial charge in [0.25, 0.3) is 0 Å². The first-order valence-electron chi connectivity index (χ1n) is 6.38. The largest absolute Gasteiger partial charge is 0.338 e. The molecule has 1 aliphatic rings. The van der Waals surface area contributed by atoms with Crippen LogP contribution in [-0.2, 0) is 6.42 Å².